The molecule has 0 heterocycles. The fourth-order valence-electron chi connectivity index (χ4n) is 1.40. The molecule has 0 aliphatic rings. The van der Waals surface area contributed by atoms with E-state index < -0.39 is 14.3 Å². The summed E-state index contributed by atoms with van der Waals surface area (Å²) in [5.41, 5.74) is 0.723. The zero-order chi connectivity index (χ0) is 15.6. The lowest BCUT2D eigenvalue weighted by Gasteiger charge is -2.36. The molecule has 0 spiro atoms. The van der Waals surface area contributed by atoms with Gasteiger partial charge < -0.3 is 9.16 Å². The third kappa shape index (κ3) is 3.90. The smallest absolute Gasteiger partial charge is 0.337 e. The van der Waals surface area contributed by atoms with Crippen LogP contribution < -0.4 is 0 Å². The molecule has 0 aliphatic heterocycles. The molecule has 0 aromatic heterocycles. The molecule has 0 radical (unpaired) electrons. The molecule has 1 aromatic carbocycles. The van der Waals surface area contributed by atoms with Gasteiger partial charge in [-0.2, -0.15) is 0 Å². The second-order valence-corrected chi connectivity index (χ2v) is 11.2. The van der Waals surface area contributed by atoms with Crippen LogP contribution in [0.15, 0.2) is 18.2 Å². The average Bonchev–Trinajstić information content (AvgIpc) is 2.35. The zero-order valence-electron chi connectivity index (χ0n) is 13.0. The third-order valence-electron chi connectivity index (χ3n) is 3.86. The Morgan fingerprint density at radius 2 is 1.90 bits per heavy atom. The molecule has 20 heavy (non-hydrogen) atoms. The van der Waals surface area contributed by atoms with Crippen molar-refractivity contribution in [2.75, 3.05) is 7.11 Å². The highest BCUT2D eigenvalue weighted by molar-refractivity contribution is 6.74. The van der Waals surface area contributed by atoms with E-state index in [0.717, 1.165) is 0 Å². The van der Waals surface area contributed by atoms with Crippen LogP contribution in [0.2, 0.25) is 18.1 Å². The minimum absolute atomic E-state index is 0.0590. The van der Waals surface area contributed by atoms with Crippen molar-refractivity contribution in [2.24, 2.45) is 0 Å². The first-order valence-corrected chi connectivity index (χ1v) is 9.50. The van der Waals surface area contributed by atoms with E-state index in [1.54, 1.807) is 0 Å². The summed E-state index contributed by atoms with van der Waals surface area (Å²) < 4.78 is 24.4. The summed E-state index contributed by atoms with van der Waals surface area (Å²) in [6.07, 6.45) is 0. The summed E-state index contributed by atoms with van der Waals surface area (Å²) in [5, 5.41) is 0.0590. The van der Waals surface area contributed by atoms with E-state index in [9.17, 15) is 9.18 Å². The number of ether oxygens (including phenoxy) is 1. The van der Waals surface area contributed by atoms with Gasteiger partial charge in [-0.25, -0.2) is 9.18 Å². The van der Waals surface area contributed by atoms with Gasteiger partial charge in [0.15, 0.2) is 8.32 Å². The highest BCUT2D eigenvalue weighted by Crippen LogP contribution is 2.37. The predicted octanol–water partition coefficient (Wildman–Crippen LogP) is 4.13. The van der Waals surface area contributed by atoms with E-state index in [4.69, 9.17) is 4.43 Å². The topological polar surface area (TPSA) is 35.5 Å². The Labute approximate surface area is 121 Å². The molecule has 1 aromatic rings. The number of halogens is 1. The second kappa shape index (κ2) is 6.05. The van der Waals surface area contributed by atoms with Crippen LogP contribution in [0, 0.1) is 5.82 Å². The molecule has 0 saturated carbocycles. The molecule has 0 saturated heterocycles. The molecule has 0 amide bonds. The van der Waals surface area contributed by atoms with Gasteiger partial charge in [0.1, 0.15) is 5.82 Å². The van der Waals surface area contributed by atoms with E-state index >= 15 is 0 Å². The standard InChI is InChI=1S/C15H23FO3Si/c1-15(2,3)20(5,6)19-10-12-9-11(14(17)18-4)7-8-13(12)16/h7-9H,10H2,1-6H3. The van der Waals surface area contributed by atoms with Crippen LogP contribution in [0.4, 0.5) is 4.39 Å². The predicted molar refractivity (Wildman–Crippen MR) is 79.7 cm³/mol. The first-order chi connectivity index (χ1) is 9.08. The van der Waals surface area contributed by atoms with Gasteiger partial charge in [0.05, 0.1) is 19.3 Å². The van der Waals surface area contributed by atoms with Crippen LogP contribution in [-0.4, -0.2) is 21.4 Å². The molecule has 0 fully saturated rings. The molecular formula is C15H23FO3Si. The Morgan fingerprint density at radius 1 is 1.30 bits per heavy atom. The van der Waals surface area contributed by atoms with Gasteiger partial charge in [-0.05, 0) is 36.3 Å². The summed E-state index contributed by atoms with van der Waals surface area (Å²) in [7, 11) is -0.643. The monoisotopic (exact) mass is 298 g/mol. The lowest BCUT2D eigenvalue weighted by atomic mass is 10.1. The molecule has 1 rings (SSSR count). The number of hydrogen-bond donors (Lipinski definition) is 0. The third-order valence-corrected chi connectivity index (χ3v) is 8.34. The van der Waals surface area contributed by atoms with Crippen LogP contribution in [0.1, 0.15) is 36.7 Å². The van der Waals surface area contributed by atoms with Crippen molar-refractivity contribution in [3.8, 4) is 0 Å². The lowest BCUT2D eigenvalue weighted by Crippen LogP contribution is -2.40. The maximum Gasteiger partial charge on any atom is 0.337 e. The van der Waals surface area contributed by atoms with Crippen LogP contribution in [0.3, 0.4) is 0 Å². The molecule has 112 valence electrons. The average molecular weight is 298 g/mol. The number of carbonyl (C=O) groups excluding carboxylic acids is 1. The van der Waals surface area contributed by atoms with Gasteiger partial charge in [-0.15, -0.1) is 0 Å². The molecule has 3 nitrogen and oxygen atoms in total. The van der Waals surface area contributed by atoms with Crippen molar-refractivity contribution in [1.29, 1.82) is 0 Å². The maximum absolute atomic E-state index is 13.8. The minimum atomic E-state index is -1.95. The van der Waals surface area contributed by atoms with Crippen molar-refractivity contribution >= 4 is 14.3 Å². The zero-order valence-corrected chi connectivity index (χ0v) is 14.0. The molecule has 0 bridgehead atoms. The SMILES string of the molecule is COC(=O)c1ccc(F)c(CO[Si](C)(C)C(C)(C)C)c1. The first-order valence-electron chi connectivity index (χ1n) is 6.59. The van der Waals surface area contributed by atoms with Crippen molar-refractivity contribution in [3.63, 3.8) is 0 Å². The van der Waals surface area contributed by atoms with Gasteiger partial charge in [0, 0.05) is 5.56 Å². The van der Waals surface area contributed by atoms with Crippen molar-refractivity contribution < 1.29 is 18.3 Å². The summed E-state index contributed by atoms with van der Waals surface area (Å²) in [5.74, 6) is -0.838. The van der Waals surface area contributed by atoms with Gasteiger partial charge in [-0.1, -0.05) is 20.8 Å². The van der Waals surface area contributed by atoms with Gasteiger partial charge in [0.25, 0.3) is 0 Å². The Bertz CT molecular complexity index is 492. The van der Waals surface area contributed by atoms with Crippen molar-refractivity contribution in [2.45, 2.75) is 45.5 Å². The van der Waals surface area contributed by atoms with E-state index in [-0.39, 0.29) is 17.5 Å². The van der Waals surface area contributed by atoms with Crippen LogP contribution in [-0.2, 0) is 15.8 Å². The van der Waals surface area contributed by atoms with E-state index in [1.807, 2.05) is 0 Å². The number of benzene rings is 1. The van der Waals surface area contributed by atoms with Crippen LogP contribution >= 0.6 is 0 Å². The van der Waals surface area contributed by atoms with Gasteiger partial charge in [-0.3, -0.25) is 0 Å². The number of methoxy groups -OCH3 is 1. The maximum atomic E-state index is 13.8. The quantitative estimate of drug-likeness (QED) is 0.619. The largest absolute Gasteiger partial charge is 0.465 e. The first kappa shape index (κ1) is 16.9. The van der Waals surface area contributed by atoms with Gasteiger partial charge in [0.2, 0.25) is 0 Å². The summed E-state index contributed by atoms with van der Waals surface area (Å²) in [6.45, 7) is 10.8. The molecule has 0 atom stereocenters. The van der Waals surface area contributed by atoms with E-state index in [1.165, 1.54) is 25.3 Å². The van der Waals surface area contributed by atoms with E-state index in [2.05, 4.69) is 38.6 Å². The van der Waals surface area contributed by atoms with Crippen molar-refractivity contribution in [1.82, 2.24) is 0 Å². The Morgan fingerprint density at radius 3 is 2.40 bits per heavy atom. The second-order valence-electron chi connectivity index (χ2n) is 6.35. The highest BCUT2D eigenvalue weighted by Gasteiger charge is 2.37. The summed E-state index contributed by atoms with van der Waals surface area (Å²) >= 11 is 0. The number of esters is 1. The Kier molecular flexibility index (Phi) is 5.10. The van der Waals surface area contributed by atoms with Gasteiger partial charge >= 0.3 is 5.97 Å². The van der Waals surface area contributed by atoms with Crippen LogP contribution in [0.25, 0.3) is 0 Å². The number of hydrogen-bond acceptors (Lipinski definition) is 3. The minimum Gasteiger partial charge on any atom is -0.465 e. The Balaban J connectivity index is 2.90. The van der Waals surface area contributed by atoms with Crippen LogP contribution in [0.5, 0.6) is 0 Å². The molecule has 0 N–H and O–H groups in total. The lowest BCUT2D eigenvalue weighted by molar-refractivity contribution is 0.0600. The fourth-order valence-corrected chi connectivity index (χ4v) is 2.35. The highest BCUT2D eigenvalue weighted by atomic mass is 28.4. The molecule has 5 heteroatoms. The summed E-state index contributed by atoms with van der Waals surface area (Å²) in [6, 6.07) is 4.18. The molecule has 0 aliphatic carbocycles. The number of carbonyl (C=O) groups is 1. The van der Waals surface area contributed by atoms with Crippen molar-refractivity contribution in [3.05, 3.63) is 35.1 Å². The summed E-state index contributed by atoms with van der Waals surface area (Å²) in [4.78, 5) is 11.5. The molecular weight excluding hydrogens is 275 g/mol. The van der Waals surface area contributed by atoms with E-state index in [0.29, 0.717) is 11.1 Å². The molecule has 0 unspecified atom stereocenters. The fraction of sp³-hybridized carbons (Fsp3) is 0.533. The normalized spacial score (nSPS) is 12.3. The number of rotatable bonds is 4. The Hall–Kier alpha value is -1.20.